The lowest BCUT2D eigenvalue weighted by Crippen LogP contribution is -2.22. The molecule has 1 aromatic carbocycles. The second-order valence-corrected chi connectivity index (χ2v) is 5.54. The van der Waals surface area contributed by atoms with Gasteiger partial charge in [-0.1, -0.05) is 38.7 Å². The Balaban J connectivity index is 2.29. The second-order valence-electron chi connectivity index (χ2n) is 5.54. The molecule has 0 aliphatic carbocycles. The SMILES string of the molecule is CCCCCCC(C)OCC(=O)Nc1cccc(N)c1C. The van der Waals surface area contributed by atoms with Crippen molar-refractivity contribution in [3.63, 3.8) is 0 Å². The molecule has 1 amide bonds. The zero-order chi connectivity index (χ0) is 15.7. The molecular weight excluding hydrogens is 264 g/mol. The molecule has 0 heterocycles. The lowest BCUT2D eigenvalue weighted by Gasteiger charge is -2.14. The number of nitrogen functional groups attached to an aromatic ring is 1. The summed E-state index contributed by atoms with van der Waals surface area (Å²) >= 11 is 0. The van der Waals surface area contributed by atoms with Crippen LogP contribution in [0.15, 0.2) is 18.2 Å². The molecule has 1 atom stereocenters. The van der Waals surface area contributed by atoms with Crippen molar-refractivity contribution in [3.8, 4) is 0 Å². The molecular formula is C17H28N2O2. The summed E-state index contributed by atoms with van der Waals surface area (Å²) in [6.07, 6.45) is 6.02. The van der Waals surface area contributed by atoms with Crippen molar-refractivity contribution >= 4 is 17.3 Å². The number of carbonyl (C=O) groups is 1. The standard InChI is InChI=1S/C17H28N2O2/c1-4-5-6-7-9-13(2)21-12-17(20)19-16-11-8-10-15(18)14(16)3/h8,10-11,13H,4-7,9,12,18H2,1-3H3,(H,19,20). The number of unbranched alkanes of at least 4 members (excludes halogenated alkanes) is 3. The maximum Gasteiger partial charge on any atom is 0.250 e. The van der Waals surface area contributed by atoms with Gasteiger partial charge >= 0.3 is 0 Å². The van der Waals surface area contributed by atoms with Crippen LogP contribution in [0.1, 0.15) is 51.5 Å². The number of anilines is 2. The van der Waals surface area contributed by atoms with Crippen LogP contribution in [0.4, 0.5) is 11.4 Å². The average molecular weight is 292 g/mol. The number of nitrogens with one attached hydrogen (secondary N) is 1. The predicted molar refractivity (Wildman–Crippen MR) is 88.4 cm³/mol. The van der Waals surface area contributed by atoms with Crippen LogP contribution >= 0.6 is 0 Å². The van der Waals surface area contributed by atoms with E-state index < -0.39 is 0 Å². The van der Waals surface area contributed by atoms with Gasteiger partial charge in [0.15, 0.2) is 0 Å². The van der Waals surface area contributed by atoms with E-state index in [4.69, 9.17) is 10.5 Å². The van der Waals surface area contributed by atoms with Crippen LogP contribution in [0, 0.1) is 6.92 Å². The van der Waals surface area contributed by atoms with Crippen molar-refractivity contribution in [2.24, 2.45) is 0 Å². The van der Waals surface area contributed by atoms with Gasteiger partial charge < -0.3 is 15.8 Å². The monoisotopic (exact) mass is 292 g/mol. The van der Waals surface area contributed by atoms with Crippen LogP contribution in [0.5, 0.6) is 0 Å². The molecule has 0 radical (unpaired) electrons. The van der Waals surface area contributed by atoms with E-state index in [1.807, 2.05) is 32.0 Å². The molecule has 0 spiro atoms. The van der Waals surface area contributed by atoms with Crippen LogP contribution in [0.3, 0.4) is 0 Å². The first-order chi connectivity index (χ1) is 10.0. The minimum atomic E-state index is -0.135. The Bertz CT molecular complexity index is 446. The van der Waals surface area contributed by atoms with Gasteiger partial charge in [0.05, 0.1) is 6.10 Å². The number of rotatable bonds is 9. The average Bonchev–Trinajstić information content (AvgIpc) is 2.46. The van der Waals surface area contributed by atoms with Gasteiger partial charge in [-0.15, -0.1) is 0 Å². The van der Waals surface area contributed by atoms with E-state index in [0.717, 1.165) is 24.1 Å². The third kappa shape index (κ3) is 6.63. The van der Waals surface area contributed by atoms with Crippen molar-refractivity contribution in [2.75, 3.05) is 17.7 Å². The zero-order valence-electron chi connectivity index (χ0n) is 13.4. The highest BCUT2D eigenvalue weighted by atomic mass is 16.5. The maximum absolute atomic E-state index is 11.9. The zero-order valence-corrected chi connectivity index (χ0v) is 13.4. The molecule has 118 valence electrons. The lowest BCUT2D eigenvalue weighted by molar-refractivity contribution is -0.122. The van der Waals surface area contributed by atoms with Gasteiger partial charge in [0.25, 0.3) is 0 Å². The molecule has 1 unspecified atom stereocenters. The Hall–Kier alpha value is -1.55. The van der Waals surface area contributed by atoms with Gasteiger partial charge in [0, 0.05) is 11.4 Å². The lowest BCUT2D eigenvalue weighted by atomic mass is 10.1. The first-order valence-electron chi connectivity index (χ1n) is 7.81. The quantitative estimate of drug-likeness (QED) is 0.536. The van der Waals surface area contributed by atoms with Gasteiger partial charge in [-0.3, -0.25) is 4.79 Å². The number of hydrogen-bond acceptors (Lipinski definition) is 3. The number of ether oxygens (including phenoxy) is 1. The summed E-state index contributed by atoms with van der Waals surface area (Å²) in [4.78, 5) is 11.9. The normalized spacial score (nSPS) is 12.1. The summed E-state index contributed by atoms with van der Waals surface area (Å²) in [6, 6.07) is 5.49. The fraction of sp³-hybridized carbons (Fsp3) is 0.588. The number of carbonyl (C=O) groups excluding carboxylic acids is 1. The van der Waals surface area contributed by atoms with E-state index in [2.05, 4.69) is 12.2 Å². The predicted octanol–water partition coefficient (Wildman–Crippen LogP) is 3.89. The molecule has 21 heavy (non-hydrogen) atoms. The van der Waals surface area contributed by atoms with E-state index in [1.54, 1.807) is 0 Å². The molecule has 1 rings (SSSR count). The highest BCUT2D eigenvalue weighted by molar-refractivity contribution is 5.93. The first-order valence-corrected chi connectivity index (χ1v) is 7.81. The van der Waals surface area contributed by atoms with E-state index in [0.29, 0.717) is 5.69 Å². The van der Waals surface area contributed by atoms with Gasteiger partial charge in [-0.25, -0.2) is 0 Å². The van der Waals surface area contributed by atoms with Crippen molar-refractivity contribution in [1.29, 1.82) is 0 Å². The Morgan fingerprint density at radius 1 is 1.33 bits per heavy atom. The minimum Gasteiger partial charge on any atom is -0.398 e. The molecule has 4 heteroatoms. The molecule has 4 nitrogen and oxygen atoms in total. The molecule has 0 saturated heterocycles. The molecule has 1 aromatic rings. The third-order valence-corrected chi connectivity index (χ3v) is 3.61. The van der Waals surface area contributed by atoms with Gasteiger partial charge in [-0.2, -0.15) is 0 Å². The summed E-state index contributed by atoms with van der Waals surface area (Å²) in [7, 11) is 0. The number of nitrogens with two attached hydrogens (primary N) is 1. The van der Waals surface area contributed by atoms with Crippen LogP contribution < -0.4 is 11.1 Å². The van der Waals surface area contributed by atoms with E-state index >= 15 is 0 Å². The van der Waals surface area contributed by atoms with Gasteiger partial charge in [0.1, 0.15) is 6.61 Å². The third-order valence-electron chi connectivity index (χ3n) is 3.61. The van der Waals surface area contributed by atoms with Crippen molar-refractivity contribution < 1.29 is 9.53 Å². The summed E-state index contributed by atoms with van der Waals surface area (Å²) in [5, 5.41) is 2.84. The first kappa shape index (κ1) is 17.5. The summed E-state index contributed by atoms with van der Waals surface area (Å²) in [5.74, 6) is -0.135. The molecule has 0 saturated carbocycles. The Morgan fingerprint density at radius 2 is 2.10 bits per heavy atom. The number of amides is 1. The molecule has 0 aromatic heterocycles. The Kier molecular flexibility index (Phi) is 7.83. The van der Waals surface area contributed by atoms with Crippen LogP contribution in [-0.4, -0.2) is 18.6 Å². The van der Waals surface area contributed by atoms with E-state index in [9.17, 15) is 4.79 Å². The Labute approximate surface area is 128 Å². The largest absolute Gasteiger partial charge is 0.398 e. The molecule has 0 bridgehead atoms. The fourth-order valence-electron chi connectivity index (χ4n) is 2.14. The molecule has 0 aliphatic rings. The van der Waals surface area contributed by atoms with E-state index in [-0.39, 0.29) is 18.6 Å². The van der Waals surface area contributed by atoms with Crippen LogP contribution in [0.25, 0.3) is 0 Å². The Morgan fingerprint density at radius 3 is 2.81 bits per heavy atom. The maximum atomic E-state index is 11.9. The second kappa shape index (κ2) is 9.40. The smallest absolute Gasteiger partial charge is 0.250 e. The fourth-order valence-corrected chi connectivity index (χ4v) is 2.14. The van der Waals surface area contributed by atoms with Gasteiger partial charge in [0.2, 0.25) is 5.91 Å². The van der Waals surface area contributed by atoms with Gasteiger partial charge in [-0.05, 0) is 38.0 Å². The highest BCUT2D eigenvalue weighted by Gasteiger charge is 2.09. The number of benzene rings is 1. The van der Waals surface area contributed by atoms with Crippen LogP contribution in [0.2, 0.25) is 0 Å². The van der Waals surface area contributed by atoms with Crippen LogP contribution in [-0.2, 0) is 9.53 Å². The summed E-state index contributed by atoms with van der Waals surface area (Å²) < 4.78 is 5.58. The van der Waals surface area contributed by atoms with E-state index in [1.165, 1.54) is 19.3 Å². The number of hydrogen-bond donors (Lipinski definition) is 2. The summed E-state index contributed by atoms with van der Waals surface area (Å²) in [5.41, 5.74) is 8.13. The van der Waals surface area contributed by atoms with Crippen molar-refractivity contribution in [2.45, 2.75) is 59.0 Å². The van der Waals surface area contributed by atoms with Crippen molar-refractivity contribution in [1.82, 2.24) is 0 Å². The minimum absolute atomic E-state index is 0.0865. The van der Waals surface area contributed by atoms with Crippen molar-refractivity contribution in [3.05, 3.63) is 23.8 Å². The molecule has 0 fully saturated rings. The molecule has 3 N–H and O–H groups in total. The summed E-state index contributed by atoms with van der Waals surface area (Å²) in [6.45, 7) is 6.19. The highest BCUT2D eigenvalue weighted by Crippen LogP contribution is 2.20. The topological polar surface area (TPSA) is 64.3 Å². The molecule has 0 aliphatic heterocycles.